The molecule has 1 saturated carbocycles. The number of hydrogen-bond acceptors (Lipinski definition) is 8. The van der Waals surface area contributed by atoms with E-state index in [9.17, 15) is 14.4 Å². The minimum absolute atomic E-state index is 0.0388. The Hall–Kier alpha value is -4.02. The van der Waals surface area contributed by atoms with Crippen molar-refractivity contribution in [3.05, 3.63) is 64.3 Å². The largest absolute Gasteiger partial charge is 0.444 e. The first kappa shape index (κ1) is 29.5. The Morgan fingerprint density at radius 1 is 1.12 bits per heavy atom. The molecule has 3 aromatic rings. The minimum atomic E-state index is -0.545. The number of nitrogens with zero attached hydrogens (tertiary/aromatic N) is 6. The smallest absolute Gasteiger partial charge is 0.410 e. The summed E-state index contributed by atoms with van der Waals surface area (Å²) in [7, 11) is 0. The van der Waals surface area contributed by atoms with E-state index in [0.29, 0.717) is 30.2 Å². The van der Waals surface area contributed by atoms with E-state index in [1.807, 2.05) is 44.7 Å². The van der Waals surface area contributed by atoms with Gasteiger partial charge in [-0.1, -0.05) is 19.4 Å². The van der Waals surface area contributed by atoms with E-state index in [1.54, 1.807) is 24.4 Å². The topological polar surface area (TPSA) is 122 Å². The van der Waals surface area contributed by atoms with Crippen LogP contribution in [0, 0.1) is 5.92 Å². The summed E-state index contributed by atoms with van der Waals surface area (Å²) in [6.07, 6.45) is 7.36. The standard InChI is InChI=1S/C31H41N7O4/c1-5-23(33-29(40)25-18-28(39)37-17-7-6-13-26(37)32-25)24-14-15-27(35-34-24)36-16-9-12-22(20-36)38(19-21-10-8-11-21)30(41)42-31(2,3)4/h6-7,13-15,17-18,21-23H,5,8-12,16,19-20H2,1-4H3,(H,33,40)/t22-,23?/m1/s1. The quantitative estimate of drug-likeness (QED) is 0.420. The number of amides is 2. The summed E-state index contributed by atoms with van der Waals surface area (Å²) in [4.78, 5) is 47.1. The molecule has 2 atom stereocenters. The van der Waals surface area contributed by atoms with Crippen LogP contribution in [0.4, 0.5) is 10.6 Å². The molecule has 2 amide bonds. The molecule has 224 valence electrons. The third kappa shape index (κ3) is 6.88. The molecular formula is C31H41N7O4. The van der Waals surface area contributed by atoms with Gasteiger partial charge < -0.3 is 19.9 Å². The third-order valence-corrected chi connectivity index (χ3v) is 8.01. The molecule has 11 heteroatoms. The molecular weight excluding hydrogens is 534 g/mol. The average molecular weight is 576 g/mol. The maximum atomic E-state index is 13.2. The number of carbonyl (C=O) groups is 2. The van der Waals surface area contributed by atoms with Crippen molar-refractivity contribution in [1.29, 1.82) is 0 Å². The molecule has 2 fully saturated rings. The number of rotatable bonds is 8. The highest BCUT2D eigenvalue weighted by molar-refractivity contribution is 5.92. The van der Waals surface area contributed by atoms with Crippen molar-refractivity contribution in [2.45, 2.75) is 83.9 Å². The van der Waals surface area contributed by atoms with E-state index < -0.39 is 17.6 Å². The normalized spacial score (nSPS) is 18.3. The van der Waals surface area contributed by atoms with E-state index in [2.05, 4.69) is 25.4 Å². The van der Waals surface area contributed by atoms with Gasteiger partial charge >= 0.3 is 6.09 Å². The van der Waals surface area contributed by atoms with Gasteiger partial charge in [0, 0.05) is 31.9 Å². The molecule has 0 radical (unpaired) electrons. The van der Waals surface area contributed by atoms with Crippen molar-refractivity contribution in [1.82, 2.24) is 29.8 Å². The van der Waals surface area contributed by atoms with Gasteiger partial charge in [-0.2, -0.15) is 5.10 Å². The molecule has 1 saturated heterocycles. The SMILES string of the molecule is CCC(NC(=O)c1cc(=O)n2ccccc2n1)c1ccc(N2CCC[C@@H](N(CC3CCC3)C(=O)OC(C)(C)C)C2)nn1. The molecule has 2 aliphatic rings. The first-order chi connectivity index (χ1) is 20.1. The van der Waals surface area contributed by atoms with Crippen LogP contribution in [0.15, 0.2) is 47.4 Å². The predicted molar refractivity (Wildman–Crippen MR) is 160 cm³/mol. The zero-order valence-electron chi connectivity index (χ0n) is 25.0. The number of nitrogens with one attached hydrogen (secondary N) is 1. The van der Waals surface area contributed by atoms with Gasteiger partial charge in [-0.25, -0.2) is 9.78 Å². The molecule has 1 aliphatic carbocycles. The van der Waals surface area contributed by atoms with Crippen LogP contribution in [0.2, 0.25) is 0 Å². The van der Waals surface area contributed by atoms with Crippen LogP contribution < -0.4 is 15.8 Å². The van der Waals surface area contributed by atoms with E-state index in [-0.39, 0.29) is 23.4 Å². The Morgan fingerprint density at radius 3 is 2.60 bits per heavy atom. The summed E-state index contributed by atoms with van der Waals surface area (Å²) in [6.45, 7) is 9.88. The Kier molecular flexibility index (Phi) is 8.74. The maximum Gasteiger partial charge on any atom is 0.410 e. The van der Waals surface area contributed by atoms with Crippen LogP contribution in [-0.4, -0.2) is 67.8 Å². The summed E-state index contributed by atoms with van der Waals surface area (Å²) in [5.41, 5.74) is 0.230. The van der Waals surface area contributed by atoms with Gasteiger partial charge in [0.05, 0.1) is 17.8 Å². The van der Waals surface area contributed by atoms with Crippen molar-refractivity contribution in [2.75, 3.05) is 24.5 Å². The van der Waals surface area contributed by atoms with Crippen LogP contribution in [0.5, 0.6) is 0 Å². The molecule has 0 aromatic carbocycles. The maximum absolute atomic E-state index is 13.2. The van der Waals surface area contributed by atoms with Gasteiger partial charge in [0.15, 0.2) is 5.82 Å². The zero-order chi connectivity index (χ0) is 29.9. The number of pyridine rings is 1. The molecule has 1 unspecified atom stereocenters. The summed E-state index contributed by atoms with van der Waals surface area (Å²) in [5.74, 6) is 0.835. The number of piperidine rings is 1. The van der Waals surface area contributed by atoms with Crippen LogP contribution in [0.25, 0.3) is 5.65 Å². The number of ether oxygens (including phenoxy) is 1. The predicted octanol–water partition coefficient (Wildman–Crippen LogP) is 4.37. The van der Waals surface area contributed by atoms with E-state index in [4.69, 9.17) is 4.74 Å². The lowest BCUT2D eigenvalue weighted by Gasteiger charge is -2.42. The number of fused-ring (bicyclic) bond motifs is 1. The Labute approximate surface area is 246 Å². The average Bonchev–Trinajstić information content (AvgIpc) is 2.94. The van der Waals surface area contributed by atoms with Crippen molar-refractivity contribution in [3.8, 4) is 0 Å². The lowest BCUT2D eigenvalue weighted by atomic mass is 9.84. The molecule has 11 nitrogen and oxygen atoms in total. The van der Waals surface area contributed by atoms with Gasteiger partial charge in [0.1, 0.15) is 16.9 Å². The van der Waals surface area contributed by atoms with Crippen LogP contribution in [0.3, 0.4) is 0 Å². The van der Waals surface area contributed by atoms with Crippen molar-refractivity contribution < 1.29 is 14.3 Å². The number of carbonyl (C=O) groups excluding carboxylic acids is 2. The first-order valence-corrected chi connectivity index (χ1v) is 15.0. The highest BCUT2D eigenvalue weighted by Crippen LogP contribution is 2.30. The summed E-state index contributed by atoms with van der Waals surface area (Å²) >= 11 is 0. The zero-order valence-corrected chi connectivity index (χ0v) is 25.0. The molecule has 0 spiro atoms. The molecule has 5 rings (SSSR count). The minimum Gasteiger partial charge on any atom is -0.444 e. The fourth-order valence-electron chi connectivity index (χ4n) is 5.54. The van der Waals surface area contributed by atoms with Crippen molar-refractivity contribution in [3.63, 3.8) is 0 Å². The van der Waals surface area contributed by atoms with Crippen molar-refractivity contribution in [2.24, 2.45) is 5.92 Å². The number of aromatic nitrogens is 4. The van der Waals surface area contributed by atoms with Gasteiger partial charge in [-0.15, -0.1) is 5.10 Å². The molecule has 4 heterocycles. The Bertz CT molecular complexity index is 1460. The highest BCUT2D eigenvalue weighted by atomic mass is 16.6. The highest BCUT2D eigenvalue weighted by Gasteiger charge is 2.35. The molecule has 42 heavy (non-hydrogen) atoms. The molecule has 3 aromatic heterocycles. The second-order valence-electron chi connectivity index (χ2n) is 12.3. The van der Waals surface area contributed by atoms with E-state index in [1.165, 1.54) is 16.9 Å². The monoisotopic (exact) mass is 575 g/mol. The second kappa shape index (κ2) is 12.5. The first-order valence-electron chi connectivity index (χ1n) is 15.0. The van der Waals surface area contributed by atoms with Gasteiger partial charge in [-0.3, -0.25) is 14.0 Å². The van der Waals surface area contributed by atoms with Gasteiger partial charge in [0.25, 0.3) is 11.5 Å². The third-order valence-electron chi connectivity index (χ3n) is 8.01. The summed E-state index contributed by atoms with van der Waals surface area (Å²) in [6, 6.07) is 9.87. The fraction of sp³-hybridized carbons (Fsp3) is 0.548. The molecule has 1 N–H and O–H groups in total. The van der Waals surface area contributed by atoms with Crippen molar-refractivity contribution >= 4 is 23.5 Å². The number of anilines is 1. The van der Waals surface area contributed by atoms with E-state index >= 15 is 0 Å². The fourth-order valence-corrected chi connectivity index (χ4v) is 5.54. The lowest BCUT2D eigenvalue weighted by Crippen LogP contribution is -2.53. The van der Waals surface area contributed by atoms with Crippen LogP contribution in [0.1, 0.15) is 88.4 Å². The number of hydrogen-bond donors (Lipinski definition) is 1. The van der Waals surface area contributed by atoms with Crippen LogP contribution in [-0.2, 0) is 4.74 Å². The summed E-state index contributed by atoms with van der Waals surface area (Å²) < 4.78 is 7.18. The van der Waals surface area contributed by atoms with E-state index in [0.717, 1.165) is 44.6 Å². The van der Waals surface area contributed by atoms with Gasteiger partial charge in [-0.05, 0) is 83.1 Å². The van der Waals surface area contributed by atoms with Crippen LogP contribution >= 0.6 is 0 Å². The summed E-state index contributed by atoms with van der Waals surface area (Å²) in [5, 5.41) is 11.9. The lowest BCUT2D eigenvalue weighted by molar-refractivity contribution is 0.00732. The Morgan fingerprint density at radius 2 is 1.93 bits per heavy atom. The molecule has 1 aliphatic heterocycles. The Balaban J connectivity index is 1.26. The van der Waals surface area contributed by atoms with Gasteiger partial charge in [0.2, 0.25) is 0 Å². The second-order valence-corrected chi connectivity index (χ2v) is 12.3. The molecule has 0 bridgehead atoms.